The van der Waals surface area contributed by atoms with E-state index in [0.29, 0.717) is 75.5 Å². The maximum atomic E-state index is 13.0. The van der Waals surface area contributed by atoms with Gasteiger partial charge >= 0.3 is 0 Å². The number of anilines is 6. The minimum atomic E-state index is -3.71. The largest absolute Gasteiger partial charge is 0.393 e. The molecule has 1 saturated heterocycles. The van der Waals surface area contributed by atoms with Gasteiger partial charge in [0, 0.05) is 61.2 Å². The van der Waals surface area contributed by atoms with Gasteiger partial charge in [0.15, 0.2) is 34.0 Å². The molecule has 1 aliphatic heterocycles. The first-order valence-electron chi connectivity index (χ1n) is 25.1. The molecule has 20 nitrogen and oxygen atoms in total. The number of nitrogens with one attached hydrogen (secondary N) is 5. The molecule has 2 aliphatic carbocycles. The molecule has 4 aromatic heterocycles. The van der Waals surface area contributed by atoms with Crippen molar-refractivity contribution in [3.05, 3.63) is 96.0 Å². The van der Waals surface area contributed by atoms with Gasteiger partial charge in [0.1, 0.15) is 0 Å². The number of fused-ring (bicyclic) bond motifs is 2. The van der Waals surface area contributed by atoms with E-state index in [2.05, 4.69) is 40.9 Å². The highest BCUT2D eigenvalue weighted by atomic mass is 35.5. The number of imidazole rings is 2. The Labute approximate surface area is 430 Å². The third-order valence-corrected chi connectivity index (χ3v) is 17.1. The van der Waals surface area contributed by atoms with Crippen molar-refractivity contribution in [1.82, 2.24) is 48.1 Å². The zero-order chi connectivity index (χ0) is 51.1. The number of benzene rings is 3. The molecular formula is C50H63ClN14O6S2. The number of piperidine rings is 1. The molecule has 10 rings (SSSR count). The summed E-state index contributed by atoms with van der Waals surface area (Å²) in [5.74, 6) is 2.09. The van der Waals surface area contributed by atoms with Crippen molar-refractivity contribution in [3.63, 3.8) is 0 Å². The molecule has 7 aromatic rings. The molecule has 7 N–H and O–H groups in total. The van der Waals surface area contributed by atoms with Crippen LogP contribution >= 0.6 is 11.6 Å². The van der Waals surface area contributed by atoms with Crippen molar-refractivity contribution in [2.45, 2.75) is 138 Å². The Kier molecular flexibility index (Phi) is 16.4. The Morgan fingerprint density at radius 3 is 1.56 bits per heavy atom. The summed E-state index contributed by atoms with van der Waals surface area (Å²) in [5.41, 5.74) is 4.86. The van der Waals surface area contributed by atoms with Crippen molar-refractivity contribution in [2.75, 3.05) is 34.4 Å². The van der Waals surface area contributed by atoms with Crippen LogP contribution in [0.5, 0.6) is 0 Å². The predicted molar refractivity (Wildman–Crippen MR) is 283 cm³/mol. The zero-order valence-electron chi connectivity index (χ0n) is 41.0. The van der Waals surface area contributed by atoms with Gasteiger partial charge in [-0.3, -0.25) is 0 Å². The lowest BCUT2D eigenvalue weighted by atomic mass is 9.93. The Morgan fingerprint density at radius 2 is 1.10 bits per heavy atom. The summed E-state index contributed by atoms with van der Waals surface area (Å²) in [5, 5.41) is 33.6. The van der Waals surface area contributed by atoms with Crippen LogP contribution in [0.4, 0.5) is 34.9 Å². The standard InChI is InChI=1S/C26H30ClN7O3S.C24H33N7O3S/c1-2-34-16-28-23-24(32-26(33-25(23)34)31-20-6-10-21(35)11-7-20)30-19-8-12-22(13-9-19)38(36,37)29-15-17-4-3-5-18(27)14-17;1-2-30-16-25-21-22(28-24(29-23(21)30)27-18-6-10-19(32)11-7-18)26-17-8-12-20(13-9-17)35(33,34)31-14-4-3-5-15-31/h3-5,8-9,12-14,16,20-21,29,35H,2,6-7,10-11,15H2,1H3,(H2,30,31,32,33);8-9,12-13,16,18-19,32H,2-7,10-11,14-15H2,1H3,(H2,26,27,28,29). The number of aliphatic hydroxyl groups excluding tert-OH is 2. The quantitative estimate of drug-likeness (QED) is 0.0485. The van der Waals surface area contributed by atoms with Gasteiger partial charge in [-0.1, -0.05) is 30.2 Å². The number of hydrogen-bond acceptors (Lipinski definition) is 16. The molecule has 0 amide bonds. The number of aromatic nitrogens is 8. The van der Waals surface area contributed by atoms with E-state index in [-0.39, 0.29) is 35.7 Å². The Morgan fingerprint density at radius 1 is 0.616 bits per heavy atom. The molecule has 3 fully saturated rings. The van der Waals surface area contributed by atoms with E-state index in [0.717, 1.165) is 94.1 Å². The molecule has 0 bridgehead atoms. The summed E-state index contributed by atoms with van der Waals surface area (Å²) in [6.07, 6.45) is 12.4. The summed E-state index contributed by atoms with van der Waals surface area (Å²) in [7, 11) is -7.19. The molecule has 0 atom stereocenters. The highest BCUT2D eigenvalue weighted by molar-refractivity contribution is 7.89. The third kappa shape index (κ3) is 12.7. The average molecular weight is 1060 g/mol. The van der Waals surface area contributed by atoms with Crippen LogP contribution < -0.4 is 26.0 Å². The normalized spacial score (nSPS) is 19.8. The van der Waals surface area contributed by atoms with Crippen molar-refractivity contribution in [2.24, 2.45) is 0 Å². The maximum Gasteiger partial charge on any atom is 0.243 e. The number of aryl methyl sites for hydroxylation is 2. The van der Waals surface area contributed by atoms with E-state index in [4.69, 9.17) is 26.6 Å². The summed E-state index contributed by atoms with van der Waals surface area (Å²) in [4.78, 5) is 28.3. The second-order valence-electron chi connectivity index (χ2n) is 18.7. The second-order valence-corrected chi connectivity index (χ2v) is 22.9. The van der Waals surface area contributed by atoms with E-state index in [1.165, 1.54) is 12.1 Å². The first kappa shape index (κ1) is 51.9. The number of rotatable bonds is 16. The molecule has 3 aromatic carbocycles. The van der Waals surface area contributed by atoms with Crippen molar-refractivity contribution in [3.8, 4) is 0 Å². The fourth-order valence-corrected chi connectivity index (χ4v) is 12.1. The SMILES string of the molecule is CCn1cnc2c(Nc3ccc(S(=O)(=O)N4CCCCC4)cc3)nc(NC3CCC(O)CC3)nc21.CCn1cnc2c(Nc3ccc(S(=O)(=O)NCc4cccc(Cl)c4)cc3)nc(NC3CCC(O)CC3)nc21. The third-order valence-electron chi connectivity index (χ3n) is 13.5. The number of nitrogens with zero attached hydrogens (tertiary/aromatic N) is 9. The molecule has 388 valence electrons. The average Bonchev–Trinajstić information content (AvgIpc) is 4.02. The van der Waals surface area contributed by atoms with Crippen LogP contribution in [-0.4, -0.2) is 108 Å². The monoisotopic (exact) mass is 1050 g/mol. The van der Waals surface area contributed by atoms with Crippen LogP contribution in [0.1, 0.15) is 90.0 Å². The van der Waals surface area contributed by atoms with Crippen molar-refractivity contribution in [1.29, 1.82) is 0 Å². The molecule has 73 heavy (non-hydrogen) atoms. The van der Waals surface area contributed by atoms with Crippen LogP contribution in [-0.2, 0) is 39.7 Å². The van der Waals surface area contributed by atoms with Gasteiger partial charge in [-0.25, -0.2) is 31.5 Å². The van der Waals surface area contributed by atoms with Gasteiger partial charge in [0.25, 0.3) is 0 Å². The van der Waals surface area contributed by atoms with Crippen LogP contribution in [0, 0.1) is 0 Å². The smallest absolute Gasteiger partial charge is 0.243 e. The number of sulfonamides is 2. The van der Waals surface area contributed by atoms with Gasteiger partial charge in [0.2, 0.25) is 31.9 Å². The lowest BCUT2D eigenvalue weighted by Gasteiger charge is -2.26. The summed E-state index contributed by atoms with van der Waals surface area (Å²) < 4.78 is 59.6. The Balaban J connectivity index is 0.000000180. The minimum Gasteiger partial charge on any atom is -0.393 e. The van der Waals surface area contributed by atoms with E-state index >= 15 is 0 Å². The highest BCUT2D eigenvalue weighted by Gasteiger charge is 2.27. The van der Waals surface area contributed by atoms with Crippen LogP contribution in [0.15, 0.2) is 95.2 Å². The van der Waals surface area contributed by atoms with Gasteiger partial charge in [-0.05, 0) is 144 Å². The molecule has 2 saturated carbocycles. The first-order chi connectivity index (χ1) is 35.2. The molecular weight excluding hydrogens is 992 g/mol. The number of halogens is 1. The molecule has 0 spiro atoms. The highest BCUT2D eigenvalue weighted by Crippen LogP contribution is 2.30. The van der Waals surface area contributed by atoms with Crippen molar-refractivity contribution >= 4 is 88.9 Å². The maximum absolute atomic E-state index is 13.0. The molecule has 23 heteroatoms. The van der Waals surface area contributed by atoms with Gasteiger partial charge in [0.05, 0.1) is 34.7 Å². The van der Waals surface area contributed by atoms with Crippen LogP contribution in [0.3, 0.4) is 0 Å². The van der Waals surface area contributed by atoms with E-state index in [9.17, 15) is 27.0 Å². The van der Waals surface area contributed by atoms with E-state index < -0.39 is 20.0 Å². The summed E-state index contributed by atoms with van der Waals surface area (Å²) in [6, 6.07) is 20.7. The van der Waals surface area contributed by atoms with E-state index in [1.807, 2.05) is 29.0 Å². The van der Waals surface area contributed by atoms with Crippen LogP contribution in [0.25, 0.3) is 22.3 Å². The van der Waals surface area contributed by atoms with Gasteiger partial charge in [-0.15, -0.1) is 0 Å². The minimum absolute atomic E-state index is 0.137. The fraction of sp³-hybridized carbons (Fsp3) is 0.440. The van der Waals surface area contributed by atoms with Crippen LogP contribution in [0.2, 0.25) is 5.02 Å². The lowest BCUT2D eigenvalue weighted by molar-refractivity contribution is 0.125. The second kappa shape index (κ2) is 23.0. The lowest BCUT2D eigenvalue weighted by Crippen LogP contribution is -2.35. The summed E-state index contributed by atoms with van der Waals surface area (Å²) in [6.45, 7) is 6.78. The predicted octanol–water partition coefficient (Wildman–Crippen LogP) is 7.92. The first-order valence-corrected chi connectivity index (χ1v) is 28.4. The van der Waals surface area contributed by atoms with Gasteiger partial charge in [-0.2, -0.15) is 24.2 Å². The Bertz CT molecular complexity index is 3210. The fourth-order valence-electron chi connectivity index (χ4n) is 9.32. The Hall–Kier alpha value is -6.01. The molecule has 0 radical (unpaired) electrons. The number of hydrogen-bond donors (Lipinski definition) is 7. The molecule has 3 aliphatic rings. The molecule has 0 unspecified atom stereocenters. The number of aliphatic hydroxyl groups is 2. The van der Waals surface area contributed by atoms with Crippen molar-refractivity contribution < 1.29 is 27.0 Å². The van der Waals surface area contributed by atoms with E-state index in [1.54, 1.807) is 71.6 Å². The summed E-state index contributed by atoms with van der Waals surface area (Å²) >= 11 is 5.99. The topological polar surface area (TPSA) is 259 Å². The molecule has 5 heterocycles. The zero-order valence-corrected chi connectivity index (χ0v) is 43.3. The van der Waals surface area contributed by atoms with Gasteiger partial charge < -0.3 is 40.6 Å².